The monoisotopic (exact) mass is 206 g/mol. The number of amides is 1. The van der Waals surface area contributed by atoms with E-state index < -0.39 is 0 Å². The molecule has 0 spiro atoms. The molecule has 0 saturated heterocycles. The average molecular weight is 206 g/mol. The van der Waals surface area contributed by atoms with Gasteiger partial charge < -0.3 is 5.32 Å². The lowest BCUT2D eigenvalue weighted by Gasteiger charge is -2.03. The maximum atomic E-state index is 11.4. The van der Waals surface area contributed by atoms with Crippen LogP contribution in [0.5, 0.6) is 0 Å². The summed E-state index contributed by atoms with van der Waals surface area (Å²) in [5.41, 5.74) is 0.975. The van der Waals surface area contributed by atoms with Crippen molar-refractivity contribution in [1.29, 1.82) is 0 Å². The summed E-state index contributed by atoms with van der Waals surface area (Å²) in [5.74, 6) is 0.120. The highest BCUT2D eigenvalue weighted by atomic mass is 16.1. The van der Waals surface area contributed by atoms with Crippen molar-refractivity contribution in [3.05, 3.63) is 30.1 Å². The predicted octanol–water partition coefficient (Wildman–Crippen LogP) is 1.93. The summed E-state index contributed by atoms with van der Waals surface area (Å²) in [6.45, 7) is 2.90. The molecule has 0 saturated carbocycles. The smallest absolute Gasteiger partial charge is 0.220 e. The van der Waals surface area contributed by atoms with Crippen LogP contribution >= 0.6 is 0 Å². The number of carbonyl (C=O) groups is 1. The lowest BCUT2D eigenvalue weighted by atomic mass is 10.2. The van der Waals surface area contributed by atoms with Crippen molar-refractivity contribution in [2.45, 2.75) is 32.6 Å². The Hall–Kier alpha value is -1.38. The van der Waals surface area contributed by atoms with E-state index in [1.54, 1.807) is 6.20 Å². The Labute approximate surface area is 90.9 Å². The fraction of sp³-hybridized carbons (Fsp3) is 0.500. The van der Waals surface area contributed by atoms with Gasteiger partial charge in [0, 0.05) is 24.9 Å². The van der Waals surface area contributed by atoms with Gasteiger partial charge in [-0.3, -0.25) is 9.78 Å². The minimum atomic E-state index is 0.120. The van der Waals surface area contributed by atoms with Gasteiger partial charge in [0.25, 0.3) is 0 Å². The van der Waals surface area contributed by atoms with Crippen LogP contribution in [-0.2, 0) is 11.2 Å². The average Bonchev–Trinajstić information content (AvgIpc) is 2.28. The zero-order valence-electron chi connectivity index (χ0n) is 9.20. The minimum Gasteiger partial charge on any atom is -0.356 e. The molecule has 15 heavy (non-hydrogen) atoms. The lowest BCUT2D eigenvalue weighted by Crippen LogP contribution is -2.24. The van der Waals surface area contributed by atoms with Crippen LogP contribution in [0.2, 0.25) is 0 Å². The second-order valence-corrected chi connectivity index (χ2v) is 3.52. The van der Waals surface area contributed by atoms with Crippen LogP contribution in [0, 0.1) is 0 Å². The van der Waals surface area contributed by atoms with Gasteiger partial charge in [-0.2, -0.15) is 0 Å². The van der Waals surface area contributed by atoms with Gasteiger partial charge in [0.2, 0.25) is 5.91 Å². The number of unbranched alkanes of at least 4 members (excludes halogenated alkanes) is 1. The second kappa shape index (κ2) is 6.98. The zero-order valence-corrected chi connectivity index (χ0v) is 9.20. The van der Waals surface area contributed by atoms with Crippen molar-refractivity contribution in [3.8, 4) is 0 Å². The van der Waals surface area contributed by atoms with Gasteiger partial charge in [-0.05, 0) is 25.0 Å². The summed E-state index contributed by atoms with van der Waals surface area (Å²) in [5, 5.41) is 2.89. The maximum absolute atomic E-state index is 11.4. The van der Waals surface area contributed by atoms with Crippen LogP contribution < -0.4 is 5.32 Å². The molecule has 1 amide bonds. The Morgan fingerprint density at radius 1 is 1.47 bits per heavy atom. The van der Waals surface area contributed by atoms with E-state index >= 15 is 0 Å². The van der Waals surface area contributed by atoms with Gasteiger partial charge in [-0.25, -0.2) is 0 Å². The Morgan fingerprint density at radius 2 is 2.33 bits per heavy atom. The largest absolute Gasteiger partial charge is 0.356 e. The summed E-state index contributed by atoms with van der Waals surface area (Å²) in [7, 11) is 0. The standard InChI is InChI=1S/C12H18N2O/c1-2-3-9-14-12(15)8-7-11-6-4-5-10-13-11/h4-6,10H,2-3,7-9H2,1H3,(H,14,15). The highest BCUT2D eigenvalue weighted by Crippen LogP contribution is 1.98. The summed E-state index contributed by atoms with van der Waals surface area (Å²) in [4.78, 5) is 15.5. The number of aromatic nitrogens is 1. The minimum absolute atomic E-state index is 0.120. The van der Waals surface area contributed by atoms with Crippen LogP contribution in [0.15, 0.2) is 24.4 Å². The summed E-state index contributed by atoms with van der Waals surface area (Å²) in [6, 6.07) is 5.77. The Bertz CT molecular complexity index is 285. The molecule has 0 radical (unpaired) electrons. The van der Waals surface area contributed by atoms with Gasteiger partial charge in [-0.1, -0.05) is 19.4 Å². The molecule has 0 aliphatic carbocycles. The summed E-state index contributed by atoms with van der Waals surface area (Å²) < 4.78 is 0. The maximum Gasteiger partial charge on any atom is 0.220 e. The highest BCUT2D eigenvalue weighted by molar-refractivity contribution is 5.76. The second-order valence-electron chi connectivity index (χ2n) is 3.52. The fourth-order valence-electron chi connectivity index (χ4n) is 1.28. The third kappa shape index (κ3) is 5.15. The summed E-state index contributed by atoms with van der Waals surface area (Å²) in [6.07, 6.45) is 5.17. The molecule has 0 bridgehead atoms. The first-order valence-corrected chi connectivity index (χ1v) is 5.49. The van der Waals surface area contributed by atoms with Crippen molar-refractivity contribution >= 4 is 5.91 Å². The molecule has 3 heteroatoms. The van der Waals surface area contributed by atoms with E-state index in [4.69, 9.17) is 0 Å². The first kappa shape index (κ1) is 11.7. The molecule has 1 aromatic heterocycles. The van der Waals surface area contributed by atoms with Crippen molar-refractivity contribution < 1.29 is 4.79 Å². The van der Waals surface area contributed by atoms with E-state index in [2.05, 4.69) is 17.2 Å². The van der Waals surface area contributed by atoms with Crippen molar-refractivity contribution in [3.63, 3.8) is 0 Å². The molecule has 82 valence electrons. The van der Waals surface area contributed by atoms with Gasteiger partial charge >= 0.3 is 0 Å². The topological polar surface area (TPSA) is 42.0 Å². The van der Waals surface area contributed by atoms with Crippen LogP contribution in [-0.4, -0.2) is 17.4 Å². The number of aryl methyl sites for hydroxylation is 1. The van der Waals surface area contributed by atoms with Crippen molar-refractivity contribution in [1.82, 2.24) is 10.3 Å². The molecule has 1 rings (SSSR count). The van der Waals surface area contributed by atoms with E-state index in [-0.39, 0.29) is 5.91 Å². The third-order valence-electron chi connectivity index (χ3n) is 2.19. The number of pyridine rings is 1. The Morgan fingerprint density at radius 3 is 3.00 bits per heavy atom. The number of nitrogens with one attached hydrogen (secondary N) is 1. The molecule has 0 fully saturated rings. The number of rotatable bonds is 6. The van der Waals surface area contributed by atoms with Crippen LogP contribution in [0.1, 0.15) is 31.9 Å². The van der Waals surface area contributed by atoms with Gasteiger partial charge in [-0.15, -0.1) is 0 Å². The van der Waals surface area contributed by atoms with E-state index in [0.29, 0.717) is 6.42 Å². The molecule has 0 aliphatic heterocycles. The predicted molar refractivity (Wildman–Crippen MR) is 60.5 cm³/mol. The first-order chi connectivity index (χ1) is 7.33. The highest BCUT2D eigenvalue weighted by Gasteiger charge is 2.01. The van der Waals surface area contributed by atoms with E-state index in [9.17, 15) is 4.79 Å². The number of hydrogen-bond donors (Lipinski definition) is 1. The van der Waals surface area contributed by atoms with Crippen LogP contribution in [0.3, 0.4) is 0 Å². The molecular weight excluding hydrogens is 188 g/mol. The van der Waals surface area contributed by atoms with E-state index in [1.165, 1.54) is 0 Å². The molecule has 1 heterocycles. The van der Waals surface area contributed by atoms with E-state index in [1.807, 2.05) is 18.2 Å². The summed E-state index contributed by atoms with van der Waals surface area (Å²) >= 11 is 0. The molecule has 0 unspecified atom stereocenters. The van der Waals surface area contributed by atoms with Crippen LogP contribution in [0.4, 0.5) is 0 Å². The Kier molecular flexibility index (Phi) is 5.44. The SMILES string of the molecule is CCCCNC(=O)CCc1ccccn1. The van der Waals surface area contributed by atoms with Crippen LogP contribution in [0.25, 0.3) is 0 Å². The number of hydrogen-bond acceptors (Lipinski definition) is 2. The number of carbonyl (C=O) groups excluding carboxylic acids is 1. The number of nitrogens with zero attached hydrogens (tertiary/aromatic N) is 1. The molecule has 1 N–H and O–H groups in total. The van der Waals surface area contributed by atoms with Gasteiger partial charge in [0.1, 0.15) is 0 Å². The molecule has 3 nitrogen and oxygen atoms in total. The third-order valence-corrected chi connectivity index (χ3v) is 2.19. The first-order valence-electron chi connectivity index (χ1n) is 5.49. The normalized spacial score (nSPS) is 9.93. The molecule has 1 aromatic rings. The Balaban J connectivity index is 2.17. The lowest BCUT2D eigenvalue weighted by molar-refractivity contribution is -0.121. The molecule has 0 aliphatic rings. The fourth-order valence-corrected chi connectivity index (χ4v) is 1.28. The molecule has 0 atom stereocenters. The molecule has 0 aromatic carbocycles. The quantitative estimate of drug-likeness (QED) is 0.723. The van der Waals surface area contributed by atoms with E-state index in [0.717, 1.165) is 31.5 Å². The van der Waals surface area contributed by atoms with Gasteiger partial charge in [0.05, 0.1) is 0 Å². The van der Waals surface area contributed by atoms with Gasteiger partial charge in [0.15, 0.2) is 0 Å². The van der Waals surface area contributed by atoms with Crippen molar-refractivity contribution in [2.24, 2.45) is 0 Å². The molecular formula is C12H18N2O. The zero-order chi connectivity index (χ0) is 10.9. The van der Waals surface area contributed by atoms with Crippen molar-refractivity contribution in [2.75, 3.05) is 6.54 Å².